The number of aromatic nitrogens is 1. The predicted octanol–water partition coefficient (Wildman–Crippen LogP) is 3.70. The first-order valence-corrected chi connectivity index (χ1v) is 12.1. The fourth-order valence-electron chi connectivity index (χ4n) is 3.81. The second kappa shape index (κ2) is 9.36. The lowest BCUT2D eigenvalue weighted by Gasteiger charge is -2.31. The molecular weight excluding hydrogens is 414 g/mol. The fourth-order valence-corrected chi connectivity index (χ4v) is 5.58. The van der Waals surface area contributed by atoms with Crippen molar-refractivity contribution in [1.82, 2.24) is 14.8 Å². The molecule has 0 aliphatic carbocycles. The zero-order chi connectivity index (χ0) is 22.8. The minimum absolute atomic E-state index is 0.0154. The molecule has 1 amide bonds. The number of rotatable bonds is 6. The van der Waals surface area contributed by atoms with E-state index in [1.165, 1.54) is 4.31 Å². The highest BCUT2D eigenvalue weighted by Gasteiger charge is 2.37. The van der Waals surface area contributed by atoms with E-state index in [2.05, 4.69) is 10.5 Å². The molecule has 1 aliphatic rings. The van der Waals surface area contributed by atoms with Crippen LogP contribution < -0.4 is 5.32 Å². The third kappa shape index (κ3) is 5.25. The quantitative estimate of drug-likeness (QED) is 0.732. The van der Waals surface area contributed by atoms with Gasteiger partial charge in [-0.1, -0.05) is 35.0 Å². The highest BCUT2D eigenvalue weighted by molar-refractivity contribution is 7.89. The Balaban J connectivity index is 1.88. The van der Waals surface area contributed by atoms with Gasteiger partial charge in [-0.05, 0) is 64.7 Å². The molecule has 7 nitrogen and oxygen atoms in total. The van der Waals surface area contributed by atoms with Crippen molar-refractivity contribution in [2.75, 3.05) is 13.1 Å². The van der Waals surface area contributed by atoms with Gasteiger partial charge in [0.05, 0.1) is 5.92 Å². The van der Waals surface area contributed by atoms with Crippen LogP contribution >= 0.6 is 0 Å². The molecule has 0 unspecified atom stereocenters. The lowest BCUT2D eigenvalue weighted by atomic mass is 9.98. The Bertz CT molecular complexity index is 1090. The maximum absolute atomic E-state index is 13.5. The molecule has 8 heteroatoms. The van der Waals surface area contributed by atoms with E-state index in [0.717, 1.165) is 16.7 Å². The SMILES string of the molecule is Cc1ccc(C)c(/C=C/c2onc(C)c2S(=O)(=O)N2CCC[C@@H](C(=O)NC(C)C)C2)c1. The van der Waals surface area contributed by atoms with E-state index >= 15 is 0 Å². The predicted molar refractivity (Wildman–Crippen MR) is 121 cm³/mol. The lowest BCUT2D eigenvalue weighted by molar-refractivity contribution is -0.126. The van der Waals surface area contributed by atoms with Gasteiger partial charge in [-0.2, -0.15) is 4.31 Å². The summed E-state index contributed by atoms with van der Waals surface area (Å²) < 4.78 is 33.7. The summed E-state index contributed by atoms with van der Waals surface area (Å²) >= 11 is 0. The van der Waals surface area contributed by atoms with E-state index in [1.807, 2.05) is 52.0 Å². The molecule has 0 saturated carbocycles. The number of hydrogen-bond donors (Lipinski definition) is 1. The van der Waals surface area contributed by atoms with E-state index in [-0.39, 0.29) is 35.1 Å². The van der Waals surface area contributed by atoms with Gasteiger partial charge in [0.15, 0.2) is 10.7 Å². The molecule has 1 atom stereocenters. The molecule has 168 valence electrons. The zero-order valence-electron chi connectivity index (χ0n) is 18.8. The van der Waals surface area contributed by atoms with Crippen LogP contribution in [0.5, 0.6) is 0 Å². The smallest absolute Gasteiger partial charge is 0.248 e. The minimum Gasteiger partial charge on any atom is -0.355 e. The number of nitrogens with one attached hydrogen (secondary N) is 1. The standard InChI is InChI=1S/C23H31N3O4S/c1-15(2)24-23(27)20-7-6-12-26(14-20)31(28,29)22-18(5)25-30-21(22)11-10-19-13-16(3)8-9-17(19)4/h8-11,13,15,20H,6-7,12,14H2,1-5H3,(H,24,27)/b11-10+/t20-/m1/s1. The van der Waals surface area contributed by atoms with Crippen molar-refractivity contribution >= 4 is 28.1 Å². The van der Waals surface area contributed by atoms with Crippen molar-refractivity contribution in [1.29, 1.82) is 0 Å². The van der Waals surface area contributed by atoms with Gasteiger partial charge in [-0.15, -0.1) is 0 Å². The fraction of sp³-hybridized carbons (Fsp3) is 0.478. The number of benzene rings is 1. The summed E-state index contributed by atoms with van der Waals surface area (Å²) in [5.41, 5.74) is 3.50. The summed E-state index contributed by atoms with van der Waals surface area (Å²) in [6.45, 7) is 9.95. The molecule has 3 rings (SSSR count). The Labute approximate surface area is 184 Å². The summed E-state index contributed by atoms with van der Waals surface area (Å²) in [7, 11) is -3.85. The van der Waals surface area contributed by atoms with Crippen LogP contribution in [-0.4, -0.2) is 42.9 Å². The molecule has 0 spiro atoms. The average Bonchev–Trinajstić information content (AvgIpc) is 3.09. The Morgan fingerprint density at radius 2 is 2.00 bits per heavy atom. The maximum Gasteiger partial charge on any atom is 0.248 e. The Morgan fingerprint density at radius 1 is 1.26 bits per heavy atom. The van der Waals surface area contributed by atoms with Crippen LogP contribution in [0, 0.1) is 26.7 Å². The van der Waals surface area contributed by atoms with Crippen LogP contribution in [0.3, 0.4) is 0 Å². The second-order valence-corrected chi connectivity index (χ2v) is 10.4. The average molecular weight is 446 g/mol. The van der Waals surface area contributed by atoms with Gasteiger partial charge in [0.2, 0.25) is 15.9 Å². The molecule has 1 fully saturated rings. The maximum atomic E-state index is 13.5. The van der Waals surface area contributed by atoms with Crippen molar-refractivity contribution in [2.45, 2.75) is 58.4 Å². The van der Waals surface area contributed by atoms with Gasteiger partial charge in [-0.25, -0.2) is 8.42 Å². The zero-order valence-corrected chi connectivity index (χ0v) is 19.6. The number of sulfonamides is 1. The number of carbonyl (C=O) groups is 1. The van der Waals surface area contributed by atoms with Gasteiger partial charge < -0.3 is 9.84 Å². The van der Waals surface area contributed by atoms with Crippen LogP contribution in [0.1, 0.15) is 54.8 Å². The largest absolute Gasteiger partial charge is 0.355 e. The molecule has 0 radical (unpaired) electrons. The molecule has 1 N–H and O–H groups in total. The van der Waals surface area contributed by atoms with Crippen LogP contribution in [-0.2, 0) is 14.8 Å². The molecule has 1 aromatic carbocycles. The van der Waals surface area contributed by atoms with Gasteiger partial charge in [0.1, 0.15) is 5.69 Å². The van der Waals surface area contributed by atoms with E-state index in [1.54, 1.807) is 13.0 Å². The summed E-state index contributed by atoms with van der Waals surface area (Å²) in [4.78, 5) is 12.5. The van der Waals surface area contributed by atoms with Crippen molar-refractivity contribution < 1.29 is 17.7 Å². The summed E-state index contributed by atoms with van der Waals surface area (Å²) in [5.74, 6) is -0.265. The van der Waals surface area contributed by atoms with Gasteiger partial charge in [-0.3, -0.25) is 4.79 Å². The highest BCUT2D eigenvalue weighted by atomic mass is 32.2. The Morgan fingerprint density at radius 3 is 2.71 bits per heavy atom. The lowest BCUT2D eigenvalue weighted by Crippen LogP contribution is -2.46. The topological polar surface area (TPSA) is 92.5 Å². The van der Waals surface area contributed by atoms with E-state index in [9.17, 15) is 13.2 Å². The van der Waals surface area contributed by atoms with Crippen molar-refractivity contribution in [3.05, 3.63) is 46.3 Å². The molecule has 0 bridgehead atoms. The van der Waals surface area contributed by atoms with E-state index < -0.39 is 10.0 Å². The normalized spacial score (nSPS) is 18.1. The van der Waals surface area contributed by atoms with E-state index in [4.69, 9.17) is 4.52 Å². The molecule has 1 aromatic heterocycles. The molecule has 2 heterocycles. The number of amides is 1. The number of aryl methyl sites for hydroxylation is 3. The van der Waals surface area contributed by atoms with Gasteiger partial charge in [0, 0.05) is 19.1 Å². The third-order valence-corrected chi connectivity index (χ3v) is 7.49. The van der Waals surface area contributed by atoms with Crippen LogP contribution in [0.25, 0.3) is 12.2 Å². The molecule has 2 aromatic rings. The van der Waals surface area contributed by atoms with Crippen molar-refractivity contribution in [2.24, 2.45) is 5.92 Å². The molecule has 1 saturated heterocycles. The first-order chi connectivity index (χ1) is 14.6. The van der Waals surface area contributed by atoms with Gasteiger partial charge >= 0.3 is 0 Å². The minimum atomic E-state index is -3.85. The number of hydrogen-bond acceptors (Lipinski definition) is 5. The highest BCUT2D eigenvalue weighted by Crippen LogP contribution is 2.29. The van der Waals surface area contributed by atoms with Crippen LogP contribution in [0.15, 0.2) is 27.6 Å². The molecule has 31 heavy (non-hydrogen) atoms. The third-order valence-electron chi connectivity index (χ3n) is 5.47. The summed E-state index contributed by atoms with van der Waals surface area (Å²) in [6.07, 6.45) is 4.80. The summed E-state index contributed by atoms with van der Waals surface area (Å²) in [6, 6.07) is 6.10. The number of piperidine rings is 1. The molecule has 1 aliphatic heterocycles. The van der Waals surface area contributed by atoms with Crippen molar-refractivity contribution in [3.8, 4) is 0 Å². The number of nitrogens with zero attached hydrogens (tertiary/aromatic N) is 2. The Kier molecular flexibility index (Phi) is 7.01. The Hall–Kier alpha value is -2.45. The first kappa shape index (κ1) is 23.2. The first-order valence-electron chi connectivity index (χ1n) is 10.6. The van der Waals surface area contributed by atoms with Gasteiger partial charge in [0.25, 0.3) is 0 Å². The van der Waals surface area contributed by atoms with Crippen LogP contribution in [0.4, 0.5) is 0 Å². The van der Waals surface area contributed by atoms with Crippen molar-refractivity contribution in [3.63, 3.8) is 0 Å². The monoisotopic (exact) mass is 445 g/mol. The number of carbonyl (C=O) groups excluding carboxylic acids is 1. The summed E-state index contributed by atoms with van der Waals surface area (Å²) in [5, 5.41) is 6.80. The molecular formula is C23H31N3O4S. The van der Waals surface area contributed by atoms with E-state index in [0.29, 0.717) is 25.1 Å². The second-order valence-electron chi connectivity index (χ2n) is 8.52. The van der Waals surface area contributed by atoms with Crippen LogP contribution in [0.2, 0.25) is 0 Å².